The first-order valence-corrected chi connectivity index (χ1v) is 13.1. The molecule has 216 valence electrons. The Bertz CT molecular complexity index is 1180. The average Bonchev–Trinajstić information content (AvgIpc) is 2.92. The first kappa shape index (κ1) is 31.7. The van der Waals surface area contributed by atoms with Gasteiger partial charge in [-0.3, -0.25) is 14.4 Å². The number of carbonyl (C=O) groups is 4. The van der Waals surface area contributed by atoms with Crippen molar-refractivity contribution in [1.29, 1.82) is 0 Å². The molecular formula is C28H39N7O5. The minimum atomic E-state index is -1.15. The molecule has 1 aromatic heterocycles. The Balaban J connectivity index is 1.88. The number of nitrogens with zero attached hydrogens (tertiary/aromatic N) is 2. The van der Waals surface area contributed by atoms with Crippen LogP contribution in [0.25, 0.3) is 0 Å². The summed E-state index contributed by atoms with van der Waals surface area (Å²) in [6.45, 7) is 7.70. The van der Waals surface area contributed by atoms with Crippen molar-refractivity contribution in [2.45, 2.75) is 59.3 Å². The quantitative estimate of drug-likeness (QED) is 0.148. The van der Waals surface area contributed by atoms with Gasteiger partial charge in [0.25, 0.3) is 5.91 Å². The van der Waals surface area contributed by atoms with Gasteiger partial charge in [0.05, 0.1) is 12.2 Å². The fraction of sp³-hybridized carbons (Fsp3) is 0.429. The molecule has 0 aliphatic heterocycles. The van der Waals surface area contributed by atoms with E-state index in [1.807, 2.05) is 30.3 Å². The molecule has 1 aromatic carbocycles. The summed E-state index contributed by atoms with van der Waals surface area (Å²) in [6.07, 6.45) is 0.214. The number of hydrogen-bond acceptors (Lipinski definition) is 6. The van der Waals surface area contributed by atoms with E-state index in [-0.39, 0.29) is 42.4 Å². The predicted molar refractivity (Wildman–Crippen MR) is 151 cm³/mol. The first-order valence-electron chi connectivity index (χ1n) is 13.1. The van der Waals surface area contributed by atoms with Gasteiger partial charge in [0, 0.05) is 19.5 Å². The van der Waals surface area contributed by atoms with Gasteiger partial charge in [-0.25, -0.2) is 14.8 Å². The highest BCUT2D eigenvalue weighted by Crippen LogP contribution is 2.08. The second-order valence-corrected chi connectivity index (χ2v) is 9.92. The molecule has 0 bridgehead atoms. The molecule has 0 spiro atoms. The van der Waals surface area contributed by atoms with Crippen molar-refractivity contribution < 1.29 is 24.3 Å². The van der Waals surface area contributed by atoms with E-state index in [0.29, 0.717) is 18.8 Å². The highest BCUT2D eigenvalue weighted by molar-refractivity contribution is 5.97. The summed E-state index contributed by atoms with van der Waals surface area (Å²) in [7, 11) is 0. The standard InChI is InChI=1S/C28H39N7O5/c1-17(2)23(26(38)35-24(18(3)4)27(39)40)34-25(37)21-12-8-11-20(33-21)16-32-28(29)30-14-13-22(36)31-15-19-9-6-5-7-10-19/h5-12,17-18,23-24H,13-16H2,1-4H3,(H,31,36)(H,34,37)(H,35,38)(H,39,40)(H3,29,30,32)/t23-,24-/m0/s1. The van der Waals surface area contributed by atoms with Crippen LogP contribution in [0.2, 0.25) is 0 Å². The molecule has 1 heterocycles. The van der Waals surface area contributed by atoms with Gasteiger partial charge in [0.2, 0.25) is 11.8 Å². The Labute approximate surface area is 234 Å². The van der Waals surface area contributed by atoms with E-state index in [1.54, 1.807) is 39.8 Å². The Morgan fingerprint density at radius 1 is 0.900 bits per heavy atom. The number of guanidine groups is 1. The van der Waals surface area contributed by atoms with E-state index in [2.05, 4.69) is 31.2 Å². The smallest absolute Gasteiger partial charge is 0.326 e. The molecular weight excluding hydrogens is 514 g/mol. The topological polar surface area (TPSA) is 188 Å². The van der Waals surface area contributed by atoms with Crippen LogP contribution in [0.3, 0.4) is 0 Å². The third kappa shape index (κ3) is 10.7. The lowest BCUT2D eigenvalue weighted by atomic mass is 10.00. The molecule has 12 nitrogen and oxygen atoms in total. The number of aliphatic imine (C=N–C) groups is 1. The predicted octanol–water partition coefficient (Wildman–Crippen LogP) is 1.17. The van der Waals surface area contributed by atoms with E-state index in [0.717, 1.165) is 5.56 Å². The maximum Gasteiger partial charge on any atom is 0.326 e. The third-order valence-corrected chi connectivity index (χ3v) is 5.91. The third-order valence-electron chi connectivity index (χ3n) is 5.91. The summed E-state index contributed by atoms with van der Waals surface area (Å²) in [5.41, 5.74) is 7.45. The molecule has 7 N–H and O–H groups in total. The van der Waals surface area contributed by atoms with Gasteiger partial charge in [-0.05, 0) is 29.5 Å². The van der Waals surface area contributed by atoms with Crippen LogP contribution in [0, 0.1) is 11.8 Å². The molecule has 0 aliphatic rings. The van der Waals surface area contributed by atoms with Crippen LogP contribution in [0.5, 0.6) is 0 Å². The second kappa shape index (κ2) is 15.8. The zero-order valence-electron chi connectivity index (χ0n) is 23.3. The van der Waals surface area contributed by atoms with Gasteiger partial charge in [-0.15, -0.1) is 0 Å². The van der Waals surface area contributed by atoms with E-state index in [9.17, 15) is 24.3 Å². The van der Waals surface area contributed by atoms with E-state index < -0.39 is 29.9 Å². The summed E-state index contributed by atoms with van der Waals surface area (Å²) in [5.74, 6) is -2.94. The van der Waals surface area contributed by atoms with Crippen molar-refractivity contribution in [3.8, 4) is 0 Å². The number of nitrogens with two attached hydrogens (primary N) is 1. The molecule has 40 heavy (non-hydrogen) atoms. The fourth-order valence-corrected chi connectivity index (χ4v) is 3.61. The average molecular weight is 554 g/mol. The molecule has 12 heteroatoms. The Hall–Kier alpha value is -4.48. The number of aromatic nitrogens is 1. The van der Waals surface area contributed by atoms with Crippen LogP contribution in [0.15, 0.2) is 53.5 Å². The lowest BCUT2D eigenvalue weighted by Gasteiger charge is -2.25. The number of carboxylic acid groups (broad SMARTS) is 1. The maximum absolute atomic E-state index is 12.9. The minimum Gasteiger partial charge on any atom is -0.480 e. The molecule has 2 aromatic rings. The lowest BCUT2D eigenvalue weighted by molar-refractivity contribution is -0.143. The molecule has 0 aliphatic carbocycles. The van der Waals surface area contributed by atoms with Crippen molar-refractivity contribution in [3.05, 3.63) is 65.5 Å². The molecule has 0 unspecified atom stereocenters. The molecule has 0 radical (unpaired) electrons. The zero-order chi connectivity index (χ0) is 29.7. The number of carbonyl (C=O) groups excluding carboxylic acids is 3. The number of nitrogens with one attached hydrogen (secondary N) is 4. The van der Waals surface area contributed by atoms with Gasteiger partial charge in [0.1, 0.15) is 17.8 Å². The van der Waals surface area contributed by atoms with Crippen molar-refractivity contribution in [2.75, 3.05) is 6.54 Å². The number of carboxylic acids is 1. The van der Waals surface area contributed by atoms with Crippen LogP contribution in [-0.2, 0) is 27.5 Å². The van der Waals surface area contributed by atoms with Gasteiger partial charge in [-0.1, -0.05) is 64.1 Å². The summed E-state index contributed by atoms with van der Waals surface area (Å²) < 4.78 is 0. The van der Waals surface area contributed by atoms with Crippen molar-refractivity contribution >= 4 is 29.7 Å². The largest absolute Gasteiger partial charge is 0.480 e. The molecule has 3 amide bonds. The van der Waals surface area contributed by atoms with Crippen LogP contribution in [0.1, 0.15) is 55.9 Å². The molecule has 0 fully saturated rings. The van der Waals surface area contributed by atoms with Crippen LogP contribution >= 0.6 is 0 Å². The SMILES string of the molecule is CC(C)[C@H](NC(=O)[C@@H](NC(=O)c1cccc(CN=C(N)NCCC(=O)NCc2ccccc2)n1)C(C)C)C(=O)O. The van der Waals surface area contributed by atoms with Gasteiger partial charge in [-0.2, -0.15) is 0 Å². The number of amides is 3. The van der Waals surface area contributed by atoms with E-state index in [4.69, 9.17) is 5.73 Å². The van der Waals surface area contributed by atoms with Gasteiger partial charge in [0.15, 0.2) is 5.96 Å². The summed E-state index contributed by atoms with van der Waals surface area (Å²) in [4.78, 5) is 57.6. The summed E-state index contributed by atoms with van der Waals surface area (Å²) in [5, 5.41) is 20.2. The maximum atomic E-state index is 12.9. The van der Waals surface area contributed by atoms with Gasteiger partial charge < -0.3 is 32.1 Å². The lowest BCUT2D eigenvalue weighted by Crippen LogP contribution is -2.55. The van der Waals surface area contributed by atoms with E-state index >= 15 is 0 Å². The number of pyridine rings is 1. The van der Waals surface area contributed by atoms with Crippen molar-refractivity contribution in [1.82, 2.24) is 26.3 Å². The molecule has 2 rings (SSSR count). The normalized spacial score (nSPS) is 12.9. The fourth-order valence-electron chi connectivity index (χ4n) is 3.61. The second-order valence-electron chi connectivity index (χ2n) is 9.92. The van der Waals surface area contributed by atoms with Crippen LogP contribution in [0.4, 0.5) is 0 Å². The summed E-state index contributed by atoms with van der Waals surface area (Å²) in [6, 6.07) is 12.4. The Morgan fingerprint density at radius 3 is 2.20 bits per heavy atom. The monoisotopic (exact) mass is 553 g/mol. The summed E-state index contributed by atoms with van der Waals surface area (Å²) >= 11 is 0. The molecule has 0 saturated carbocycles. The van der Waals surface area contributed by atoms with Gasteiger partial charge >= 0.3 is 5.97 Å². The molecule has 2 atom stereocenters. The highest BCUT2D eigenvalue weighted by Gasteiger charge is 2.30. The number of benzene rings is 1. The van der Waals surface area contributed by atoms with E-state index in [1.165, 1.54) is 6.07 Å². The van der Waals surface area contributed by atoms with Crippen molar-refractivity contribution in [3.63, 3.8) is 0 Å². The van der Waals surface area contributed by atoms with Crippen LogP contribution < -0.4 is 27.0 Å². The number of rotatable bonds is 14. The highest BCUT2D eigenvalue weighted by atomic mass is 16.4. The zero-order valence-corrected chi connectivity index (χ0v) is 23.3. The number of aliphatic carboxylic acids is 1. The molecule has 0 saturated heterocycles. The first-order chi connectivity index (χ1) is 19.0. The minimum absolute atomic E-state index is 0.0754. The van der Waals surface area contributed by atoms with Crippen molar-refractivity contribution in [2.24, 2.45) is 22.6 Å². The number of hydrogen-bond donors (Lipinski definition) is 6. The Morgan fingerprint density at radius 2 is 1.57 bits per heavy atom. The van der Waals surface area contributed by atoms with Crippen LogP contribution in [-0.4, -0.2) is 58.4 Å². The Kier molecular flexibility index (Phi) is 12.5.